The van der Waals surface area contributed by atoms with Gasteiger partial charge in [0.15, 0.2) is 5.76 Å². The van der Waals surface area contributed by atoms with Gasteiger partial charge < -0.3 is 19.6 Å². The Morgan fingerprint density at radius 3 is 2.37 bits per heavy atom. The van der Waals surface area contributed by atoms with Crippen LogP contribution in [0.5, 0.6) is 11.5 Å². The molecular weight excluding hydrogens is 612 g/mol. The molecule has 0 aliphatic heterocycles. The topological polar surface area (TPSA) is 156 Å². The third-order valence-corrected chi connectivity index (χ3v) is 10.9. The molecule has 0 spiro atoms. The highest BCUT2D eigenvalue weighted by Gasteiger charge is 2.37. The van der Waals surface area contributed by atoms with Crippen molar-refractivity contribution in [1.29, 1.82) is 0 Å². The predicted octanol–water partition coefficient (Wildman–Crippen LogP) is 4.80. The van der Waals surface area contributed by atoms with Gasteiger partial charge in [0.25, 0.3) is 5.91 Å². The van der Waals surface area contributed by atoms with E-state index in [9.17, 15) is 13.2 Å². The van der Waals surface area contributed by atoms with Gasteiger partial charge in [0.1, 0.15) is 17.2 Å². The lowest BCUT2D eigenvalue weighted by Crippen LogP contribution is -2.43. The van der Waals surface area contributed by atoms with Crippen molar-refractivity contribution in [3.63, 3.8) is 0 Å². The summed E-state index contributed by atoms with van der Waals surface area (Å²) in [5.41, 5.74) is 6.24. The van der Waals surface area contributed by atoms with Crippen LogP contribution in [-0.2, 0) is 16.4 Å². The van der Waals surface area contributed by atoms with Crippen molar-refractivity contribution in [3.8, 4) is 28.8 Å². The summed E-state index contributed by atoms with van der Waals surface area (Å²) in [6.45, 7) is 8.14. The summed E-state index contributed by atoms with van der Waals surface area (Å²) in [7, 11) is -2.91. The van der Waals surface area contributed by atoms with E-state index in [-0.39, 0.29) is 41.0 Å². The molecule has 1 unspecified atom stereocenters. The van der Waals surface area contributed by atoms with Gasteiger partial charge in [0.2, 0.25) is 21.8 Å². The van der Waals surface area contributed by atoms with Crippen molar-refractivity contribution in [1.82, 2.24) is 19.7 Å². The number of aromatic nitrogens is 4. The van der Waals surface area contributed by atoms with E-state index in [1.165, 1.54) is 37.1 Å². The number of nitrogens with zero attached hydrogens (tertiary/aromatic N) is 5. The minimum absolute atomic E-state index is 0.0264. The number of para-hydroxylation sites is 1. The lowest BCUT2D eigenvalue weighted by molar-refractivity contribution is 0.0999. The lowest BCUT2D eigenvalue weighted by atomic mass is 10.1. The molecule has 43 heavy (non-hydrogen) atoms. The number of furan rings is 1. The van der Waals surface area contributed by atoms with Crippen molar-refractivity contribution >= 4 is 41.6 Å². The van der Waals surface area contributed by atoms with Crippen molar-refractivity contribution < 1.29 is 27.1 Å². The number of rotatable bonds is 13. The fourth-order valence-electron chi connectivity index (χ4n) is 4.48. The van der Waals surface area contributed by atoms with Crippen LogP contribution in [0.4, 0.5) is 5.95 Å². The van der Waals surface area contributed by atoms with Crippen molar-refractivity contribution in [2.24, 2.45) is 5.73 Å². The number of pyridine rings is 1. The largest absolute Gasteiger partial charge is 0.494 e. The van der Waals surface area contributed by atoms with Crippen LogP contribution in [0, 0.1) is 0 Å². The van der Waals surface area contributed by atoms with Crippen LogP contribution in [0.3, 0.4) is 0 Å². The number of carbonyl (C=O) groups is 1. The molecule has 3 heterocycles. The molecule has 15 heteroatoms. The molecular formula is C28H35ClN6O6SSi. The number of nitrogens with two attached hydrogens (primary N) is 1. The molecule has 4 aromatic rings. The Hall–Kier alpha value is -3.88. The fourth-order valence-corrected chi connectivity index (χ4v) is 7.19. The number of benzene rings is 1. The maximum Gasteiger partial charge on any atom is 0.250 e. The second kappa shape index (κ2) is 12.8. The molecule has 1 aromatic carbocycles. The molecule has 2 N–H and O–H groups in total. The Morgan fingerprint density at radius 2 is 1.81 bits per heavy atom. The van der Waals surface area contributed by atoms with Crippen LogP contribution >= 0.6 is 11.6 Å². The predicted molar refractivity (Wildman–Crippen MR) is 168 cm³/mol. The van der Waals surface area contributed by atoms with Gasteiger partial charge in [-0.2, -0.15) is 0 Å². The van der Waals surface area contributed by atoms with Crippen LogP contribution in [0.25, 0.3) is 17.3 Å². The number of hydrogen-bond acceptors (Lipinski definition) is 9. The Kier molecular flexibility index (Phi) is 9.52. The zero-order valence-corrected chi connectivity index (χ0v) is 27.4. The highest BCUT2D eigenvalue weighted by molar-refractivity contribution is 7.93. The molecule has 0 radical (unpaired) electrons. The highest BCUT2D eigenvalue weighted by atomic mass is 35.5. The monoisotopic (exact) mass is 646 g/mol. The van der Waals surface area contributed by atoms with E-state index in [1.54, 1.807) is 41.8 Å². The molecule has 1 atom stereocenters. The smallest absolute Gasteiger partial charge is 0.250 e. The van der Waals surface area contributed by atoms with Crippen LogP contribution < -0.4 is 19.5 Å². The van der Waals surface area contributed by atoms with E-state index in [0.29, 0.717) is 29.0 Å². The molecule has 0 saturated carbocycles. The molecule has 230 valence electrons. The Bertz CT molecular complexity index is 1680. The van der Waals surface area contributed by atoms with Gasteiger partial charge >= 0.3 is 0 Å². The number of sulfonamides is 1. The van der Waals surface area contributed by atoms with Gasteiger partial charge in [-0.25, -0.2) is 12.7 Å². The normalized spacial score (nSPS) is 12.6. The first-order valence-electron chi connectivity index (χ1n) is 13.4. The first-order valence-corrected chi connectivity index (χ1v) is 19.0. The van der Waals surface area contributed by atoms with Gasteiger partial charge in [0.05, 0.1) is 42.0 Å². The van der Waals surface area contributed by atoms with E-state index in [2.05, 4.69) is 34.8 Å². The number of primary amides is 1. The zero-order valence-electron chi connectivity index (χ0n) is 24.9. The highest BCUT2D eigenvalue weighted by Crippen LogP contribution is 2.39. The summed E-state index contributed by atoms with van der Waals surface area (Å²) in [6.07, 6.45) is 2.74. The summed E-state index contributed by atoms with van der Waals surface area (Å²) in [5, 5.41) is 7.96. The summed E-state index contributed by atoms with van der Waals surface area (Å²) in [5.74, 6) is 0.688. The average molecular weight is 647 g/mol. The van der Waals surface area contributed by atoms with Crippen LogP contribution in [0.15, 0.2) is 53.3 Å². The van der Waals surface area contributed by atoms with E-state index in [1.807, 2.05) is 0 Å². The first-order chi connectivity index (χ1) is 20.3. The number of methoxy groups -OCH3 is 2. The number of amides is 1. The molecule has 12 nitrogen and oxygen atoms in total. The number of carbonyl (C=O) groups excluding carboxylic acids is 1. The number of hydrogen-bond donors (Lipinski definition) is 1. The van der Waals surface area contributed by atoms with Gasteiger partial charge in [-0.05, 0) is 43.3 Å². The maximum atomic E-state index is 14.5. The zero-order chi connectivity index (χ0) is 31.5. The van der Waals surface area contributed by atoms with Gasteiger partial charge in [-0.15, -0.1) is 10.2 Å². The lowest BCUT2D eigenvalue weighted by Gasteiger charge is -2.30. The van der Waals surface area contributed by atoms with E-state index in [4.69, 9.17) is 31.2 Å². The third kappa shape index (κ3) is 6.86. The summed E-state index contributed by atoms with van der Waals surface area (Å²) >= 11 is 6.03. The molecule has 0 fully saturated rings. The van der Waals surface area contributed by atoms with Gasteiger partial charge in [-0.1, -0.05) is 37.3 Å². The second-order valence-electron chi connectivity index (χ2n) is 11.1. The Balaban J connectivity index is 1.93. The molecule has 3 aromatic heterocycles. The summed E-state index contributed by atoms with van der Waals surface area (Å²) in [6, 6.07) is 10.6. The van der Waals surface area contributed by atoms with Gasteiger partial charge in [-0.3, -0.25) is 14.3 Å². The number of ether oxygens (including phenoxy) is 2. The van der Waals surface area contributed by atoms with Crippen molar-refractivity contribution in [2.45, 2.75) is 44.3 Å². The number of halogens is 1. The molecule has 1 amide bonds. The molecule has 4 rings (SSSR count). The molecule has 0 aliphatic rings. The SMILES string of the molecule is COc1cccc(OC)c1-n1c(-c2ccco2)nnc1N(CC[Si](C)(C)C)S(=O)(=O)C(C)Cc1ncc(Cl)cc1C(N)=O. The average Bonchev–Trinajstić information content (AvgIpc) is 3.63. The summed E-state index contributed by atoms with van der Waals surface area (Å²) < 4.78 is 48.8. The standard InChI is InChI=1S/C28H35ClN6O6SSi/c1-18(15-21-20(26(30)36)16-19(29)17-31-21)42(37,38)34(12-14-43(4,5)6)28-33-32-27(24-11-8-13-41-24)35(28)25-22(39-2)9-7-10-23(25)40-3/h7-11,13,16-18H,12,14-15H2,1-6H3,(H2,30,36). The molecule has 0 saturated heterocycles. The van der Waals surface area contributed by atoms with Crippen LogP contribution in [-0.4, -0.2) is 68.2 Å². The second-order valence-corrected chi connectivity index (χ2v) is 19.4. The van der Waals surface area contributed by atoms with Crippen LogP contribution in [0.2, 0.25) is 30.7 Å². The van der Waals surface area contributed by atoms with Crippen molar-refractivity contribution in [2.75, 3.05) is 25.1 Å². The minimum atomic E-state index is -4.16. The first kappa shape index (κ1) is 32.0. The van der Waals surface area contributed by atoms with E-state index in [0.717, 1.165) is 0 Å². The Morgan fingerprint density at radius 1 is 1.14 bits per heavy atom. The fraction of sp³-hybridized carbons (Fsp3) is 0.357. The van der Waals surface area contributed by atoms with Crippen LogP contribution in [0.1, 0.15) is 23.0 Å². The van der Waals surface area contributed by atoms with E-state index < -0.39 is 29.3 Å². The Labute approximate surface area is 256 Å². The molecule has 0 bridgehead atoms. The van der Waals surface area contributed by atoms with Gasteiger partial charge in [0, 0.05) is 27.2 Å². The number of anilines is 1. The quantitative estimate of drug-likeness (QED) is 0.202. The maximum absolute atomic E-state index is 14.5. The summed E-state index contributed by atoms with van der Waals surface area (Å²) in [4.78, 5) is 16.4. The van der Waals surface area contributed by atoms with Crippen molar-refractivity contribution in [3.05, 3.63) is 65.1 Å². The minimum Gasteiger partial charge on any atom is -0.494 e. The third-order valence-electron chi connectivity index (χ3n) is 6.80. The molecule has 0 aliphatic carbocycles. The van der Waals surface area contributed by atoms with E-state index >= 15 is 0 Å².